The van der Waals surface area contributed by atoms with Gasteiger partial charge in [0.05, 0.1) is 6.54 Å². The third-order valence-corrected chi connectivity index (χ3v) is 6.09. The summed E-state index contributed by atoms with van der Waals surface area (Å²) < 4.78 is 10.9. The van der Waals surface area contributed by atoms with E-state index < -0.39 is 0 Å². The van der Waals surface area contributed by atoms with Gasteiger partial charge in [0.25, 0.3) is 0 Å². The molecule has 3 heterocycles. The number of hydrogen-bond donors (Lipinski definition) is 0. The lowest BCUT2D eigenvalue weighted by molar-refractivity contribution is -0.136. The minimum Gasteiger partial charge on any atom is -0.454 e. The maximum atomic E-state index is 12.8. The van der Waals surface area contributed by atoms with Gasteiger partial charge in [-0.05, 0) is 43.4 Å². The molecule has 1 amide bonds. The normalized spacial score (nSPS) is 23.6. The van der Waals surface area contributed by atoms with Gasteiger partial charge in [-0.1, -0.05) is 13.0 Å². The van der Waals surface area contributed by atoms with Crippen LogP contribution in [-0.4, -0.2) is 72.7 Å². The number of carbonyl (C=O) groups is 1. The minimum atomic E-state index is 0.321. The average molecular weight is 373 g/mol. The second-order valence-corrected chi connectivity index (χ2v) is 7.88. The molecule has 1 aromatic carbocycles. The molecule has 1 atom stereocenters. The van der Waals surface area contributed by atoms with Crippen LogP contribution in [0.1, 0.15) is 38.2 Å². The van der Waals surface area contributed by atoms with Gasteiger partial charge in [0.15, 0.2) is 11.5 Å². The molecular weight excluding hydrogens is 342 g/mol. The van der Waals surface area contributed by atoms with E-state index in [1.54, 1.807) is 0 Å². The molecule has 1 aromatic rings. The second-order valence-electron chi connectivity index (χ2n) is 7.88. The molecule has 3 aliphatic heterocycles. The van der Waals surface area contributed by atoms with Crippen LogP contribution in [0.2, 0.25) is 0 Å². The lowest BCUT2D eigenvalue weighted by Gasteiger charge is -2.39. The van der Waals surface area contributed by atoms with E-state index in [1.807, 2.05) is 6.07 Å². The van der Waals surface area contributed by atoms with Gasteiger partial charge in [-0.25, -0.2) is 0 Å². The first-order chi connectivity index (χ1) is 13.2. The molecule has 0 bridgehead atoms. The zero-order valence-electron chi connectivity index (χ0n) is 16.4. The van der Waals surface area contributed by atoms with Crippen molar-refractivity contribution in [1.82, 2.24) is 14.7 Å². The lowest BCUT2D eigenvalue weighted by Crippen LogP contribution is -2.52. The van der Waals surface area contributed by atoms with E-state index in [2.05, 4.69) is 33.8 Å². The SMILES string of the molecule is CCC1CCCCN1C(=O)CN1CCN(Cc2ccc3c(c2)OCO3)CC1. The summed E-state index contributed by atoms with van der Waals surface area (Å²) in [7, 11) is 0. The Bertz CT molecular complexity index is 658. The molecule has 27 heavy (non-hydrogen) atoms. The van der Waals surface area contributed by atoms with Crippen molar-refractivity contribution in [3.8, 4) is 11.5 Å². The van der Waals surface area contributed by atoms with E-state index in [0.717, 1.165) is 63.6 Å². The highest BCUT2D eigenvalue weighted by Crippen LogP contribution is 2.32. The smallest absolute Gasteiger partial charge is 0.236 e. The zero-order valence-corrected chi connectivity index (χ0v) is 16.4. The van der Waals surface area contributed by atoms with Crippen molar-refractivity contribution < 1.29 is 14.3 Å². The minimum absolute atomic E-state index is 0.321. The third-order valence-electron chi connectivity index (χ3n) is 6.09. The fourth-order valence-corrected chi connectivity index (χ4v) is 4.44. The number of ether oxygens (including phenoxy) is 2. The predicted octanol–water partition coefficient (Wildman–Crippen LogP) is 2.32. The van der Waals surface area contributed by atoms with Crippen molar-refractivity contribution in [2.24, 2.45) is 0 Å². The fourth-order valence-electron chi connectivity index (χ4n) is 4.44. The van der Waals surface area contributed by atoms with E-state index in [-0.39, 0.29) is 0 Å². The van der Waals surface area contributed by atoms with Crippen LogP contribution in [0.4, 0.5) is 0 Å². The molecular formula is C21H31N3O3. The van der Waals surface area contributed by atoms with Gasteiger partial charge < -0.3 is 14.4 Å². The number of nitrogens with zero attached hydrogens (tertiary/aromatic N) is 3. The quantitative estimate of drug-likeness (QED) is 0.793. The van der Waals surface area contributed by atoms with Crippen LogP contribution < -0.4 is 9.47 Å². The summed E-state index contributed by atoms with van der Waals surface area (Å²) in [5, 5.41) is 0. The molecule has 1 unspecified atom stereocenters. The summed E-state index contributed by atoms with van der Waals surface area (Å²) in [5.41, 5.74) is 1.25. The van der Waals surface area contributed by atoms with Crippen LogP contribution in [0.3, 0.4) is 0 Å². The number of rotatable bonds is 5. The van der Waals surface area contributed by atoms with Crippen LogP contribution in [0.25, 0.3) is 0 Å². The summed E-state index contributed by atoms with van der Waals surface area (Å²) in [5.74, 6) is 2.01. The Hall–Kier alpha value is -1.79. The zero-order chi connectivity index (χ0) is 18.6. The highest BCUT2D eigenvalue weighted by molar-refractivity contribution is 5.78. The molecule has 0 aliphatic carbocycles. The second kappa shape index (κ2) is 8.48. The molecule has 4 rings (SSSR count). The number of piperidine rings is 1. The lowest BCUT2D eigenvalue weighted by atomic mass is 10.00. The van der Waals surface area contributed by atoms with Crippen molar-refractivity contribution in [2.75, 3.05) is 46.1 Å². The summed E-state index contributed by atoms with van der Waals surface area (Å²) >= 11 is 0. The maximum absolute atomic E-state index is 12.8. The molecule has 0 radical (unpaired) electrons. The van der Waals surface area contributed by atoms with E-state index in [1.165, 1.54) is 18.4 Å². The molecule has 0 N–H and O–H groups in total. The van der Waals surface area contributed by atoms with E-state index >= 15 is 0 Å². The average Bonchev–Trinajstić information content (AvgIpc) is 3.17. The Kier molecular flexibility index (Phi) is 5.83. The van der Waals surface area contributed by atoms with Crippen molar-refractivity contribution in [1.29, 1.82) is 0 Å². The highest BCUT2D eigenvalue weighted by atomic mass is 16.7. The number of likely N-dealkylation sites (tertiary alicyclic amines) is 1. The van der Waals surface area contributed by atoms with Gasteiger partial charge in [-0.15, -0.1) is 0 Å². The molecule has 2 fully saturated rings. The summed E-state index contributed by atoms with van der Waals surface area (Å²) in [6, 6.07) is 6.65. The van der Waals surface area contributed by atoms with Crippen LogP contribution in [-0.2, 0) is 11.3 Å². The summed E-state index contributed by atoms with van der Waals surface area (Å²) in [6.45, 7) is 8.88. The number of amides is 1. The summed E-state index contributed by atoms with van der Waals surface area (Å²) in [6.07, 6.45) is 4.67. The van der Waals surface area contributed by atoms with E-state index in [0.29, 0.717) is 25.3 Å². The predicted molar refractivity (Wildman–Crippen MR) is 104 cm³/mol. The largest absolute Gasteiger partial charge is 0.454 e. The molecule has 0 aromatic heterocycles. The monoisotopic (exact) mass is 373 g/mol. The van der Waals surface area contributed by atoms with Crippen molar-refractivity contribution in [3.05, 3.63) is 23.8 Å². The highest BCUT2D eigenvalue weighted by Gasteiger charge is 2.27. The maximum Gasteiger partial charge on any atom is 0.236 e. The Morgan fingerprint density at radius 3 is 2.63 bits per heavy atom. The van der Waals surface area contributed by atoms with Crippen LogP contribution >= 0.6 is 0 Å². The van der Waals surface area contributed by atoms with Crippen molar-refractivity contribution in [2.45, 2.75) is 45.2 Å². The first-order valence-electron chi connectivity index (χ1n) is 10.4. The third kappa shape index (κ3) is 4.38. The van der Waals surface area contributed by atoms with Gasteiger partial charge in [0.1, 0.15) is 0 Å². The number of fused-ring (bicyclic) bond motifs is 1. The number of piperazine rings is 1. The topological polar surface area (TPSA) is 45.3 Å². The fraction of sp³-hybridized carbons (Fsp3) is 0.667. The van der Waals surface area contributed by atoms with Crippen LogP contribution in [0, 0.1) is 0 Å². The molecule has 148 valence electrons. The molecule has 2 saturated heterocycles. The van der Waals surface area contributed by atoms with Crippen molar-refractivity contribution in [3.63, 3.8) is 0 Å². The first-order valence-corrected chi connectivity index (χ1v) is 10.4. The van der Waals surface area contributed by atoms with Crippen LogP contribution in [0.5, 0.6) is 11.5 Å². The molecule has 3 aliphatic rings. The van der Waals surface area contributed by atoms with Crippen LogP contribution in [0.15, 0.2) is 18.2 Å². The number of carbonyl (C=O) groups excluding carboxylic acids is 1. The van der Waals surface area contributed by atoms with Gasteiger partial charge in [0.2, 0.25) is 12.7 Å². The molecule has 0 spiro atoms. The Morgan fingerprint density at radius 2 is 1.81 bits per heavy atom. The van der Waals surface area contributed by atoms with Gasteiger partial charge in [-0.2, -0.15) is 0 Å². The van der Waals surface area contributed by atoms with Gasteiger partial charge in [-0.3, -0.25) is 14.6 Å². The number of hydrogen-bond acceptors (Lipinski definition) is 5. The molecule has 6 nitrogen and oxygen atoms in total. The standard InChI is InChI=1S/C21H31N3O3/c1-2-18-5-3-4-8-24(18)21(25)15-23-11-9-22(10-12-23)14-17-6-7-19-20(13-17)27-16-26-19/h6-7,13,18H,2-5,8-12,14-16H2,1H3. The van der Waals surface area contributed by atoms with E-state index in [9.17, 15) is 4.79 Å². The first kappa shape index (κ1) is 18.6. The van der Waals surface area contributed by atoms with Gasteiger partial charge >= 0.3 is 0 Å². The molecule has 6 heteroatoms. The Balaban J connectivity index is 1.24. The van der Waals surface area contributed by atoms with Gasteiger partial charge in [0, 0.05) is 45.3 Å². The Labute approximate surface area is 162 Å². The number of benzene rings is 1. The van der Waals surface area contributed by atoms with Crippen molar-refractivity contribution >= 4 is 5.91 Å². The molecule has 0 saturated carbocycles. The van der Waals surface area contributed by atoms with E-state index in [4.69, 9.17) is 9.47 Å². The summed E-state index contributed by atoms with van der Waals surface area (Å²) in [4.78, 5) is 19.7. The Morgan fingerprint density at radius 1 is 1.04 bits per heavy atom.